The summed E-state index contributed by atoms with van der Waals surface area (Å²) in [5, 5.41) is 10.1. The van der Waals surface area contributed by atoms with E-state index in [1.807, 2.05) is 20.2 Å². The normalized spacial score (nSPS) is 18.8. The zero-order valence-corrected chi connectivity index (χ0v) is 13.6. The molecule has 3 heterocycles. The minimum Gasteiger partial charge on any atom is -0.457 e. The maximum atomic E-state index is 10.8. The number of aryl methyl sites for hydroxylation is 2. The van der Waals surface area contributed by atoms with Crippen LogP contribution in [0.4, 0.5) is 0 Å². The van der Waals surface area contributed by atoms with Crippen molar-refractivity contribution in [2.75, 3.05) is 20.2 Å². The summed E-state index contributed by atoms with van der Waals surface area (Å²) in [5.41, 5.74) is 4.13. The topological polar surface area (TPSA) is 80.1 Å². The van der Waals surface area contributed by atoms with E-state index in [-0.39, 0.29) is 0 Å². The second-order valence-corrected chi connectivity index (χ2v) is 5.97. The van der Waals surface area contributed by atoms with E-state index in [1.165, 1.54) is 18.4 Å². The number of carbonyl (C=O) groups excluding carboxylic acids is 1. The number of hydrogen-bond donors (Lipinski definition) is 2. The van der Waals surface area contributed by atoms with Crippen LogP contribution in [0.3, 0.4) is 0 Å². The average Bonchev–Trinajstić information content (AvgIpc) is 3.27. The number of likely N-dealkylation sites (N-methyl/N-ethyl adjacent to an activating group) is 1. The van der Waals surface area contributed by atoms with Gasteiger partial charge in [-0.05, 0) is 38.8 Å². The molecule has 1 atom stereocenters. The van der Waals surface area contributed by atoms with Crippen molar-refractivity contribution < 1.29 is 13.9 Å². The summed E-state index contributed by atoms with van der Waals surface area (Å²) in [6.07, 6.45) is 7.35. The molecule has 1 fully saturated rings. The van der Waals surface area contributed by atoms with Gasteiger partial charge < -0.3 is 14.5 Å². The fourth-order valence-electron chi connectivity index (χ4n) is 3.21. The molecule has 6 nitrogen and oxygen atoms in total. The Kier molecular flexibility index (Phi) is 4.93. The smallest absolute Gasteiger partial charge is 0.185 e. The highest BCUT2D eigenvalue weighted by Gasteiger charge is 2.25. The number of nitrogens with one attached hydrogen (secondary N) is 2. The van der Waals surface area contributed by atoms with Gasteiger partial charge >= 0.3 is 0 Å². The summed E-state index contributed by atoms with van der Waals surface area (Å²) in [4.78, 5) is 10.8. The number of furan rings is 1. The number of aromatic nitrogens is 2. The minimum absolute atomic E-state index is 0.433. The van der Waals surface area contributed by atoms with Crippen LogP contribution < -0.4 is 5.32 Å². The standard InChI is InChI=1S/C11H10N2O2.C6H13NO/c1-6-9(5-14)15-8-3-2-7-4-12-13-11(7)10(6)8;1-7-5-6-3-2-4-8-6/h4-5H,2-3H2,1H3,(H,12,13);6-7H,2-5H2,1H3. The molecule has 1 unspecified atom stereocenters. The van der Waals surface area contributed by atoms with Crippen molar-refractivity contribution in [3.8, 4) is 11.3 Å². The highest BCUT2D eigenvalue weighted by atomic mass is 16.5. The molecule has 2 N–H and O–H groups in total. The van der Waals surface area contributed by atoms with Crippen LogP contribution in [-0.2, 0) is 17.6 Å². The first-order valence-corrected chi connectivity index (χ1v) is 8.10. The Hall–Kier alpha value is -1.92. The van der Waals surface area contributed by atoms with Crippen molar-refractivity contribution in [3.63, 3.8) is 0 Å². The molecule has 124 valence electrons. The number of aldehydes is 1. The fourth-order valence-corrected chi connectivity index (χ4v) is 3.21. The lowest BCUT2D eigenvalue weighted by molar-refractivity contribution is 0.109. The summed E-state index contributed by atoms with van der Waals surface area (Å²) in [6.45, 7) is 3.88. The van der Waals surface area contributed by atoms with Gasteiger partial charge in [-0.1, -0.05) is 0 Å². The number of fused-ring (bicyclic) bond motifs is 3. The van der Waals surface area contributed by atoms with Crippen molar-refractivity contribution in [3.05, 3.63) is 28.8 Å². The molecule has 1 aliphatic carbocycles. The van der Waals surface area contributed by atoms with Gasteiger partial charge in [0.15, 0.2) is 12.0 Å². The van der Waals surface area contributed by atoms with Gasteiger partial charge in [-0.25, -0.2) is 0 Å². The lowest BCUT2D eigenvalue weighted by atomic mass is 9.94. The van der Waals surface area contributed by atoms with E-state index in [2.05, 4.69) is 15.5 Å². The quantitative estimate of drug-likeness (QED) is 0.849. The van der Waals surface area contributed by atoms with Crippen LogP contribution in [0.5, 0.6) is 0 Å². The molecule has 23 heavy (non-hydrogen) atoms. The summed E-state index contributed by atoms with van der Waals surface area (Å²) in [6, 6.07) is 0. The van der Waals surface area contributed by atoms with Crippen LogP contribution >= 0.6 is 0 Å². The zero-order chi connectivity index (χ0) is 16.2. The van der Waals surface area contributed by atoms with E-state index in [1.54, 1.807) is 0 Å². The highest BCUT2D eigenvalue weighted by molar-refractivity contribution is 5.81. The van der Waals surface area contributed by atoms with Crippen LogP contribution in [-0.4, -0.2) is 42.8 Å². The van der Waals surface area contributed by atoms with Crippen LogP contribution in [0.25, 0.3) is 11.3 Å². The van der Waals surface area contributed by atoms with E-state index < -0.39 is 0 Å². The van der Waals surface area contributed by atoms with Gasteiger partial charge in [-0.3, -0.25) is 9.89 Å². The molecule has 0 amide bonds. The molecular weight excluding hydrogens is 294 g/mol. The minimum atomic E-state index is 0.433. The first-order chi connectivity index (χ1) is 11.2. The van der Waals surface area contributed by atoms with E-state index >= 15 is 0 Å². The van der Waals surface area contributed by atoms with E-state index in [0.29, 0.717) is 11.9 Å². The molecular formula is C17H23N3O3. The van der Waals surface area contributed by atoms with Gasteiger partial charge in [-0.15, -0.1) is 0 Å². The van der Waals surface area contributed by atoms with Gasteiger partial charge in [0.05, 0.1) is 18.0 Å². The molecule has 6 heteroatoms. The van der Waals surface area contributed by atoms with Crippen molar-refractivity contribution in [2.24, 2.45) is 0 Å². The Balaban J connectivity index is 0.000000166. The first-order valence-electron chi connectivity index (χ1n) is 8.10. The molecule has 2 aromatic rings. The van der Waals surface area contributed by atoms with Gasteiger partial charge in [0.25, 0.3) is 0 Å². The number of ether oxygens (including phenoxy) is 1. The zero-order valence-electron chi connectivity index (χ0n) is 13.6. The van der Waals surface area contributed by atoms with Gasteiger partial charge in [-0.2, -0.15) is 5.10 Å². The lowest BCUT2D eigenvalue weighted by Gasteiger charge is -2.09. The Bertz CT molecular complexity index is 669. The third-order valence-corrected chi connectivity index (χ3v) is 4.41. The summed E-state index contributed by atoms with van der Waals surface area (Å²) >= 11 is 0. The average molecular weight is 317 g/mol. The van der Waals surface area contributed by atoms with Crippen molar-refractivity contribution in [1.29, 1.82) is 0 Å². The lowest BCUT2D eigenvalue weighted by Crippen LogP contribution is -2.22. The Morgan fingerprint density at radius 3 is 3.04 bits per heavy atom. The van der Waals surface area contributed by atoms with Crippen LogP contribution in [0.2, 0.25) is 0 Å². The Labute approximate surface area is 135 Å². The summed E-state index contributed by atoms with van der Waals surface area (Å²) < 4.78 is 10.8. The van der Waals surface area contributed by atoms with Crippen LogP contribution in [0.15, 0.2) is 10.6 Å². The maximum Gasteiger partial charge on any atom is 0.185 e. The highest BCUT2D eigenvalue weighted by Crippen LogP contribution is 2.37. The molecule has 0 spiro atoms. The third-order valence-electron chi connectivity index (χ3n) is 4.41. The fraction of sp³-hybridized carbons (Fsp3) is 0.529. The Morgan fingerprint density at radius 1 is 1.48 bits per heavy atom. The maximum absolute atomic E-state index is 10.8. The first kappa shape index (κ1) is 16.0. The van der Waals surface area contributed by atoms with E-state index in [0.717, 1.165) is 54.9 Å². The third kappa shape index (κ3) is 3.23. The molecule has 0 bridgehead atoms. The number of carbonyl (C=O) groups is 1. The van der Waals surface area contributed by atoms with Crippen molar-refractivity contribution in [1.82, 2.24) is 15.5 Å². The number of H-pyrrole nitrogens is 1. The predicted octanol–water partition coefficient (Wildman–Crippen LogP) is 2.27. The molecule has 2 aliphatic rings. The number of nitrogens with zero attached hydrogens (tertiary/aromatic N) is 1. The number of aromatic amines is 1. The molecule has 0 radical (unpaired) electrons. The molecule has 2 aromatic heterocycles. The SMILES string of the molecule is CNCC1CCCO1.Cc1c(C=O)oc2c1-c1[nH]ncc1CC2. The van der Waals surface area contributed by atoms with E-state index in [9.17, 15) is 4.79 Å². The van der Waals surface area contributed by atoms with Crippen LogP contribution in [0, 0.1) is 6.92 Å². The second-order valence-electron chi connectivity index (χ2n) is 5.97. The Morgan fingerprint density at radius 2 is 2.35 bits per heavy atom. The van der Waals surface area contributed by atoms with Gasteiger partial charge in [0.2, 0.25) is 0 Å². The van der Waals surface area contributed by atoms with Crippen molar-refractivity contribution in [2.45, 2.75) is 38.7 Å². The molecule has 0 saturated carbocycles. The largest absolute Gasteiger partial charge is 0.457 e. The second kappa shape index (κ2) is 7.10. The molecule has 1 aliphatic heterocycles. The van der Waals surface area contributed by atoms with Gasteiger partial charge in [0.1, 0.15) is 5.76 Å². The van der Waals surface area contributed by atoms with Gasteiger partial charge in [0, 0.05) is 30.7 Å². The van der Waals surface area contributed by atoms with E-state index in [4.69, 9.17) is 9.15 Å². The molecule has 1 saturated heterocycles. The number of rotatable bonds is 3. The summed E-state index contributed by atoms with van der Waals surface area (Å²) in [5.74, 6) is 1.33. The van der Waals surface area contributed by atoms with Crippen LogP contribution in [0.1, 0.15) is 40.3 Å². The predicted molar refractivity (Wildman–Crippen MR) is 86.7 cm³/mol. The molecule has 0 aromatic carbocycles. The molecule has 4 rings (SSSR count). The monoisotopic (exact) mass is 317 g/mol. The number of hydrogen-bond acceptors (Lipinski definition) is 5. The summed E-state index contributed by atoms with van der Waals surface area (Å²) in [7, 11) is 1.96. The van der Waals surface area contributed by atoms with Crippen molar-refractivity contribution >= 4 is 6.29 Å².